The van der Waals surface area contributed by atoms with E-state index in [-0.39, 0.29) is 4.83 Å². The van der Waals surface area contributed by atoms with E-state index in [0.717, 1.165) is 5.02 Å². The molecule has 3 heteroatoms. The molecule has 0 spiro atoms. The lowest BCUT2D eigenvalue weighted by molar-refractivity contribution is 1.18. The van der Waals surface area contributed by atoms with Crippen molar-refractivity contribution >= 4 is 38.9 Å². The van der Waals surface area contributed by atoms with Crippen molar-refractivity contribution < 1.29 is 0 Å². The van der Waals surface area contributed by atoms with Gasteiger partial charge in [-0.1, -0.05) is 33.6 Å². The molecule has 84 valence electrons. The molecule has 16 heavy (non-hydrogen) atoms. The second kappa shape index (κ2) is 4.91. The zero-order valence-electron chi connectivity index (χ0n) is 9.13. The first-order valence-corrected chi connectivity index (χ1v) is 7.15. The van der Waals surface area contributed by atoms with Crippen molar-refractivity contribution in [2.24, 2.45) is 0 Å². The van der Waals surface area contributed by atoms with E-state index in [1.54, 1.807) is 0 Å². The molecule has 1 atom stereocenters. The molecule has 1 heterocycles. The Hall–Kier alpha value is -0.310. The number of benzene rings is 1. The Morgan fingerprint density at radius 1 is 1.19 bits per heavy atom. The summed E-state index contributed by atoms with van der Waals surface area (Å²) in [6, 6.07) is 10.3. The SMILES string of the molecule is Cc1ccc(C(Br)c2cc(Cl)ccc2C)s1. The van der Waals surface area contributed by atoms with Gasteiger partial charge in [0, 0.05) is 14.8 Å². The van der Waals surface area contributed by atoms with Crippen molar-refractivity contribution in [1.82, 2.24) is 0 Å². The minimum Gasteiger partial charge on any atom is -0.144 e. The fraction of sp³-hybridized carbons (Fsp3) is 0.231. The van der Waals surface area contributed by atoms with Crippen molar-refractivity contribution in [2.75, 3.05) is 0 Å². The average molecular weight is 316 g/mol. The first kappa shape index (κ1) is 12.2. The van der Waals surface area contributed by atoms with Crippen LogP contribution in [-0.4, -0.2) is 0 Å². The second-order valence-electron chi connectivity index (χ2n) is 3.81. The highest BCUT2D eigenvalue weighted by Crippen LogP contribution is 2.37. The lowest BCUT2D eigenvalue weighted by Gasteiger charge is -2.11. The van der Waals surface area contributed by atoms with Crippen LogP contribution in [0.4, 0.5) is 0 Å². The van der Waals surface area contributed by atoms with Crippen LogP contribution in [0.3, 0.4) is 0 Å². The second-order valence-corrected chi connectivity index (χ2v) is 6.48. The maximum atomic E-state index is 6.04. The highest BCUT2D eigenvalue weighted by molar-refractivity contribution is 9.09. The molecule has 0 saturated carbocycles. The molecule has 0 saturated heterocycles. The number of thiophene rings is 1. The highest BCUT2D eigenvalue weighted by atomic mass is 79.9. The Kier molecular flexibility index (Phi) is 3.73. The van der Waals surface area contributed by atoms with E-state index < -0.39 is 0 Å². The fourth-order valence-electron chi connectivity index (χ4n) is 1.63. The Morgan fingerprint density at radius 2 is 1.94 bits per heavy atom. The molecule has 2 rings (SSSR count). The normalized spacial score (nSPS) is 12.8. The van der Waals surface area contributed by atoms with Gasteiger partial charge in [0.2, 0.25) is 0 Å². The minimum absolute atomic E-state index is 0.241. The summed E-state index contributed by atoms with van der Waals surface area (Å²) in [7, 11) is 0. The molecule has 1 aromatic heterocycles. The summed E-state index contributed by atoms with van der Waals surface area (Å²) in [5, 5.41) is 0.790. The molecule has 1 unspecified atom stereocenters. The predicted octanol–water partition coefficient (Wildman–Crippen LogP) is 5.50. The van der Waals surface area contributed by atoms with E-state index in [1.807, 2.05) is 23.5 Å². The van der Waals surface area contributed by atoms with Crippen LogP contribution in [0.15, 0.2) is 30.3 Å². The van der Waals surface area contributed by atoms with Gasteiger partial charge >= 0.3 is 0 Å². The lowest BCUT2D eigenvalue weighted by atomic mass is 10.1. The van der Waals surface area contributed by atoms with Gasteiger partial charge in [-0.05, 0) is 49.2 Å². The van der Waals surface area contributed by atoms with Crippen molar-refractivity contribution in [2.45, 2.75) is 18.7 Å². The molecule has 0 aliphatic heterocycles. The Balaban J connectivity index is 2.40. The maximum Gasteiger partial charge on any atom is 0.0741 e. The van der Waals surface area contributed by atoms with Gasteiger partial charge in [-0.3, -0.25) is 0 Å². The molecular weight excluding hydrogens is 304 g/mol. The number of halogens is 2. The predicted molar refractivity (Wildman–Crippen MR) is 76.0 cm³/mol. The van der Waals surface area contributed by atoms with Gasteiger partial charge in [-0.2, -0.15) is 0 Å². The minimum atomic E-state index is 0.241. The first-order chi connectivity index (χ1) is 7.58. The van der Waals surface area contributed by atoms with E-state index >= 15 is 0 Å². The smallest absolute Gasteiger partial charge is 0.0741 e. The maximum absolute atomic E-state index is 6.04. The number of rotatable bonds is 2. The molecule has 0 radical (unpaired) electrons. The average Bonchev–Trinajstić information content (AvgIpc) is 2.67. The number of hydrogen-bond donors (Lipinski definition) is 0. The summed E-state index contributed by atoms with van der Waals surface area (Å²) in [4.78, 5) is 2.90. The number of aryl methyl sites for hydroxylation is 2. The quantitative estimate of drug-likeness (QED) is 0.642. The van der Waals surface area contributed by atoms with Crippen molar-refractivity contribution in [3.8, 4) is 0 Å². The molecule has 0 aliphatic carbocycles. The number of hydrogen-bond acceptors (Lipinski definition) is 1. The third-order valence-electron chi connectivity index (χ3n) is 2.53. The number of alkyl halides is 1. The third-order valence-corrected chi connectivity index (χ3v) is 5.12. The van der Waals surface area contributed by atoms with Crippen LogP contribution in [0.5, 0.6) is 0 Å². The molecular formula is C13H12BrClS. The van der Waals surface area contributed by atoms with Crippen LogP contribution in [0, 0.1) is 13.8 Å². The van der Waals surface area contributed by atoms with Gasteiger partial charge in [0.1, 0.15) is 0 Å². The van der Waals surface area contributed by atoms with Crippen LogP contribution >= 0.6 is 38.9 Å². The summed E-state index contributed by atoms with van der Waals surface area (Å²) in [6.07, 6.45) is 0. The van der Waals surface area contributed by atoms with Crippen molar-refractivity contribution in [3.63, 3.8) is 0 Å². The zero-order valence-corrected chi connectivity index (χ0v) is 12.3. The van der Waals surface area contributed by atoms with Crippen LogP contribution in [0.1, 0.15) is 25.7 Å². The van der Waals surface area contributed by atoms with Gasteiger partial charge in [0.05, 0.1) is 4.83 Å². The molecule has 0 amide bonds. The van der Waals surface area contributed by atoms with Gasteiger partial charge < -0.3 is 0 Å². The lowest BCUT2D eigenvalue weighted by Crippen LogP contribution is -1.93. The van der Waals surface area contributed by atoms with E-state index in [9.17, 15) is 0 Å². The van der Waals surface area contributed by atoms with Gasteiger partial charge in [0.15, 0.2) is 0 Å². The molecule has 1 aromatic carbocycles. The van der Waals surface area contributed by atoms with Gasteiger partial charge in [-0.25, -0.2) is 0 Å². The Morgan fingerprint density at radius 3 is 2.56 bits per heavy atom. The van der Waals surface area contributed by atoms with Gasteiger partial charge in [-0.15, -0.1) is 11.3 Å². The largest absolute Gasteiger partial charge is 0.144 e. The van der Waals surface area contributed by atoms with Crippen LogP contribution < -0.4 is 0 Å². The van der Waals surface area contributed by atoms with E-state index in [1.165, 1.54) is 20.9 Å². The molecule has 0 bridgehead atoms. The standard InChI is InChI=1S/C13H12BrClS/c1-8-3-5-10(15)7-11(8)13(14)12-6-4-9(2)16-12/h3-7,13H,1-2H3. The van der Waals surface area contributed by atoms with E-state index in [4.69, 9.17) is 11.6 Å². The summed E-state index contributed by atoms with van der Waals surface area (Å²) in [5.74, 6) is 0. The summed E-state index contributed by atoms with van der Waals surface area (Å²) >= 11 is 11.6. The summed E-state index contributed by atoms with van der Waals surface area (Å²) in [5.41, 5.74) is 2.51. The summed E-state index contributed by atoms with van der Waals surface area (Å²) in [6.45, 7) is 4.24. The molecule has 0 aliphatic rings. The first-order valence-electron chi connectivity index (χ1n) is 5.04. The molecule has 0 fully saturated rings. The Labute approximate surface area is 113 Å². The molecule has 0 nitrogen and oxygen atoms in total. The third kappa shape index (κ3) is 2.50. The van der Waals surface area contributed by atoms with E-state index in [0.29, 0.717) is 0 Å². The van der Waals surface area contributed by atoms with Crippen LogP contribution in [0.25, 0.3) is 0 Å². The van der Waals surface area contributed by atoms with E-state index in [2.05, 4.69) is 48.0 Å². The topological polar surface area (TPSA) is 0 Å². The molecule has 2 aromatic rings. The monoisotopic (exact) mass is 314 g/mol. The van der Waals surface area contributed by atoms with Crippen molar-refractivity contribution in [3.05, 3.63) is 56.2 Å². The van der Waals surface area contributed by atoms with Crippen LogP contribution in [-0.2, 0) is 0 Å². The van der Waals surface area contributed by atoms with Gasteiger partial charge in [0.25, 0.3) is 0 Å². The van der Waals surface area contributed by atoms with Crippen molar-refractivity contribution in [1.29, 1.82) is 0 Å². The summed E-state index contributed by atoms with van der Waals surface area (Å²) < 4.78 is 0. The highest BCUT2D eigenvalue weighted by Gasteiger charge is 2.14. The zero-order chi connectivity index (χ0) is 11.7. The van der Waals surface area contributed by atoms with Crippen LogP contribution in [0.2, 0.25) is 5.02 Å². The Bertz CT molecular complexity index is 504. The fourth-order valence-corrected chi connectivity index (χ4v) is 3.61. The molecule has 0 N–H and O–H groups in total.